The largest absolute Gasteiger partial charge is 0.573 e. The molecule has 0 bridgehead atoms. The van der Waals surface area contributed by atoms with E-state index in [0.717, 1.165) is 17.7 Å². The Morgan fingerprint density at radius 1 is 1.00 bits per heavy atom. The van der Waals surface area contributed by atoms with Crippen molar-refractivity contribution in [1.29, 1.82) is 0 Å². The number of hydrogen-bond acceptors (Lipinski definition) is 4. The van der Waals surface area contributed by atoms with Gasteiger partial charge in [-0.25, -0.2) is 0 Å². The summed E-state index contributed by atoms with van der Waals surface area (Å²) in [5.74, 6) is -0.809. The number of carbonyl (C=O) groups is 1. The average molecular weight is 397 g/mol. The lowest BCUT2D eigenvalue weighted by atomic mass is 9.85. The number of primary amides is 1. The fourth-order valence-corrected chi connectivity index (χ4v) is 2.63. The van der Waals surface area contributed by atoms with Crippen LogP contribution in [0.2, 0.25) is 0 Å². The van der Waals surface area contributed by atoms with Gasteiger partial charge in [0, 0.05) is 6.07 Å². The number of hydrogen-bond donors (Lipinski definition) is 1. The molecule has 1 amide bonds. The van der Waals surface area contributed by atoms with Crippen LogP contribution in [0.1, 0.15) is 42.3 Å². The molecule has 0 spiro atoms. The SMILES string of the molecule is COc1cc(OC(F)(F)F)ccc1Oc1cc(C(C)(C)C)cc(C)c1C(N)=O. The molecule has 0 aromatic heterocycles. The van der Waals surface area contributed by atoms with Gasteiger partial charge in [-0.05, 0) is 41.7 Å². The number of amides is 1. The third kappa shape index (κ3) is 5.09. The number of carbonyl (C=O) groups excluding carboxylic acids is 1. The Bertz CT molecular complexity index is 886. The molecule has 8 heteroatoms. The van der Waals surface area contributed by atoms with Crippen molar-refractivity contribution >= 4 is 5.91 Å². The smallest absolute Gasteiger partial charge is 0.493 e. The number of ether oxygens (including phenoxy) is 3. The molecule has 2 aromatic rings. The molecule has 0 aliphatic carbocycles. The van der Waals surface area contributed by atoms with Gasteiger partial charge in [0.15, 0.2) is 11.5 Å². The number of alkyl halides is 3. The molecule has 0 fully saturated rings. The van der Waals surface area contributed by atoms with E-state index in [-0.39, 0.29) is 28.2 Å². The molecule has 2 N–H and O–H groups in total. The first-order valence-electron chi connectivity index (χ1n) is 8.38. The van der Waals surface area contributed by atoms with E-state index < -0.39 is 18.0 Å². The molecule has 152 valence electrons. The minimum Gasteiger partial charge on any atom is -0.493 e. The first-order valence-corrected chi connectivity index (χ1v) is 8.38. The van der Waals surface area contributed by atoms with Crippen LogP contribution in [0.15, 0.2) is 30.3 Å². The van der Waals surface area contributed by atoms with Gasteiger partial charge in [0.25, 0.3) is 5.91 Å². The predicted octanol–water partition coefficient (Wildman–Crippen LogP) is 5.09. The highest BCUT2D eigenvalue weighted by Gasteiger charge is 2.31. The van der Waals surface area contributed by atoms with Gasteiger partial charge in [-0.3, -0.25) is 4.79 Å². The van der Waals surface area contributed by atoms with Gasteiger partial charge in [-0.1, -0.05) is 26.8 Å². The maximum absolute atomic E-state index is 12.4. The normalized spacial score (nSPS) is 11.9. The monoisotopic (exact) mass is 397 g/mol. The molecule has 0 saturated heterocycles. The summed E-state index contributed by atoms with van der Waals surface area (Å²) in [5, 5.41) is 0. The molecule has 2 aromatic carbocycles. The lowest BCUT2D eigenvalue weighted by molar-refractivity contribution is -0.274. The molecule has 0 heterocycles. The molecule has 0 aliphatic heterocycles. The summed E-state index contributed by atoms with van der Waals surface area (Å²) in [6.07, 6.45) is -4.83. The van der Waals surface area contributed by atoms with Gasteiger partial charge < -0.3 is 19.9 Å². The quantitative estimate of drug-likeness (QED) is 0.763. The summed E-state index contributed by atoms with van der Waals surface area (Å²) in [7, 11) is 1.28. The van der Waals surface area contributed by atoms with Crippen LogP contribution in [0.25, 0.3) is 0 Å². The Hall–Kier alpha value is -2.90. The molecule has 0 atom stereocenters. The van der Waals surface area contributed by atoms with E-state index in [4.69, 9.17) is 15.2 Å². The number of methoxy groups -OCH3 is 1. The number of halogens is 3. The zero-order valence-electron chi connectivity index (χ0n) is 16.2. The molecule has 0 aliphatic rings. The molecule has 2 rings (SSSR count). The Balaban J connectivity index is 2.52. The minimum atomic E-state index is -4.83. The van der Waals surface area contributed by atoms with Crippen LogP contribution < -0.4 is 19.9 Å². The predicted molar refractivity (Wildman–Crippen MR) is 98.1 cm³/mol. The fourth-order valence-electron chi connectivity index (χ4n) is 2.63. The van der Waals surface area contributed by atoms with E-state index in [1.54, 1.807) is 13.0 Å². The Kier molecular flexibility index (Phi) is 5.82. The van der Waals surface area contributed by atoms with Gasteiger partial charge in [0.2, 0.25) is 0 Å². The van der Waals surface area contributed by atoms with Crippen LogP contribution >= 0.6 is 0 Å². The van der Waals surface area contributed by atoms with Crippen LogP contribution in [0.4, 0.5) is 13.2 Å². The van der Waals surface area contributed by atoms with Crippen molar-refractivity contribution in [1.82, 2.24) is 0 Å². The Labute approximate surface area is 161 Å². The second kappa shape index (κ2) is 7.61. The van der Waals surface area contributed by atoms with Crippen molar-refractivity contribution in [3.63, 3.8) is 0 Å². The number of nitrogens with two attached hydrogens (primary N) is 1. The van der Waals surface area contributed by atoms with E-state index in [0.29, 0.717) is 5.56 Å². The molecular formula is C20H22F3NO4. The zero-order valence-corrected chi connectivity index (χ0v) is 16.2. The van der Waals surface area contributed by atoms with Gasteiger partial charge >= 0.3 is 6.36 Å². The maximum Gasteiger partial charge on any atom is 0.573 e. The summed E-state index contributed by atoms with van der Waals surface area (Å²) >= 11 is 0. The highest BCUT2D eigenvalue weighted by Crippen LogP contribution is 2.39. The molecule has 0 unspecified atom stereocenters. The summed E-state index contributed by atoms with van der Waals surface area (Å²) in [5.41, 5.74) is 6.99. The molecular weight excluding hydrogens is 375 g/mol. The number of benzene rings is 2. The first kappa shape index (κ1) is 21.4. The number of aryl methyl sites for hydroxylation is 1. The topological polar surface area (TPSA) is 70.8 Å². The minimum absolute atomic E-state index is 0.0102. The molecule has 0 radical (unpaired) electrons. The van der Waals surface area contributed by atoms with Crippen molar-refractivity contribution in [2.45, 2.75) is 39.5 Å². The Morgan fingerprint density at radius 3 is 2.14 bits per heavy atom. The maximum atomic E-state index is 12.4. The van der Waals surface area contributed by atoms with Crippen LogP contribution in [0.5, 0.6) is 23.0 Å². The summed E-state index contributed by atoms with van der Waals surface area (Å²) in [6, 6.07) is 6.95. The highest BCUT2D eigenvalue weighted by atomic mass is 19.4. The van der Waals surface area contributed by atoms with E-state index in [2.05, 4.69) is 4.74 Å². The van der Waals surface area contributed by atoms with E-state index in [1.165, 1.54) is 13.2 Å². The number of rotatable bonds is 5. The van der Waals surface area contributed by atoms with Crippen LogP contribution in [0.3, 0.4) is 0 Å². The van der Waals surface area contributed by atoms with E-state index in [9.17, 15) is 18.0 Å². The van der Waals surface area contributed by atoms with Crippen molar-refractivity contribution in [3.8, 4) is 23.0 Å². The molecule has 0 saturated carbocycles. The third-order valence-corrected chi connectivity index (χ3v) is 4.00. The molecule has 28 heavy (non-hydrogen) atoms. The van der Waals surface area contributed by atoms with Crippen LogP contribution in [0, 0.1) is 6.92 Å². The van der Waals surface area contributed by atoms with Gasteiger partial charge in [0.05, 0.1) is 12.7 Å². The van der Waals surface area contributed by atoms with Gasteiger partial charge in [-0.2, -0.15) is 0 Å². The summed E-state index contributed by atoms with van der Waals surface area (Å²) in [6.45, 7) is 7.73. The summed E-state index contributed by atoms with van der Waals surface area (Å²) in [4.78, 5) is 11.9. The van der Waals surface area contributed by atoms with Crippen LogP contribution in [-0.2, 0) is 5.41 Å². The van der Waals surface area contributed by atoms with Crippen LogP contribution in [-0.4, -0.2) is 19.4 Å². The van der Waals surface area contributed by atoms with E-state index >= 15 is 0 Å². The van der Waals surface area contributed by atoms with Crippen molar-refractivity contribution in [2.75, 3.05) is 7.11 Å². The van der Waals surface area contributed by atoms with E-state index in [1.807, 2.05) is 26.8 Å². The zero-order chi connectivity index (χ0) is 21.3. The lowest BCUT2D eigenvalue weighted by Crippen LogP contribution is -2.18. The summed E-state index contributed by atoms with van der Waals surface area (Å²) < 4.78 is 52.1. The van der Waals surface area contributed by atoms with Gasteiger partial charge in [0.1, 0.15) is 11.5 Å². The van der Waals surface area contributed by atoms with Gasteiger partial charge in [-0.15, -0.1) is 13.2 Å². The van der Waals surface area contributed by atoms with Crippen molar-refractivity contribution in [3.05, 3.63) is 47.0 Å². The Morgan fingerprint density at radius 2 is 1.64 bits per heavy atom. The first-order chi connectivity index (χ1) is 12.8. The molecule has 5 nitrogen and oxygen atoms in total. The van der Waals surface area contributed by atoms with Crippen molar-refractivity contribution in [2.24, 2.45) is 5.73 Å². The third-order valence-electron chi connectivity index (χ3n) is 4.00. The highest BCUT2D eigenvalue weighted by molar-refractivity contribution is 5.97. The fraction of sp³-hybridized carbons (Fsp3) is 0.350. The lowest BCUT2D eigenvalue weighted by Gasteiger charge is -2.23. The standard InChI is InChI=1S/C20H22F3NO4/c1-11-8-12(19(2,3)4)9-16(17(11)18(24)25)27-14-7-6-13(10-15(14)26-5)28-20(21,22)23/h6-10H,1-5H3,(H2,24,25). The average Bonchev–Trinajstić information content (AvgIpc) is 2.53. The second-order valence-electron chi connectivity index (χ2n) is 7.24. The van der Waals surface area contributed by atoms with Crippen molar-refractivity contribution < 1.29 is 32.2 Å². The second-order valence-corrected chi connectivity index (χ2v) is 7.24.